The van der Waals surface area contributed by atoms with E-state index >= 15 is 0 Å². The third kappa shape index (κ3) is 7.11. The summed E-state index contributed by atoms with van der Waals surface area (Å²) in [5.41, 5.74) is -3.98. The first-order chi connectivity index (χ1) is 16.3. The van der Waals surface area contributed by atoms with Crippen LogP contribution in [0.5, 0.6) is 0 Å². The molecule has 0 fully saturated rings. The van der Waals surface area contributed by atoms with Crippen molar-refractivity contribution in [3.05, 3.63) is 58.9 Å². The highest BCUT2D eigenvalue weighted by molar-refractivity contribution is 5.95. The van der Waals surface area contributed by atoms with Crippen LogP contribution in [0.3, 0.4) is 0 Å². The van der Waals surface area contributed by atoms with E-state index < -0.39 is 58.5 Å². The number of aromatic nitrogens is 1. The van der Waals surface area contributed by atoms with Crippen molar-refractivity contribution in [1.29, 1.82) is 0 Å². The summed E-state index contributed by atoms with van der Waals surface area (Å²) in [6.45, 7) is 6.16. The number of rotatable bonds is 6. The number of hydrogen-bond donors (Lipinski definition) is 1. The Morgan fingerprint density at radius 2 is 1.50 bits per heavy atom. The van der Waals surface area contributed by atoms with E-state index in [0.717, 1.165) is 6.92 Å². The van der Waals surface area contributed by atoms with Gasteiger partial charge in [-0.05, 0) is 29.7 Å². The van der Waals surface area contributed by atoms with Crippen LogP contribution < -0.4 is 10.2 Å². The number of nitrogens with zero attached hydrogens (tertiary/aromatic N) is 2. The third-order valence-electron chi connectivity index (χ3n) is 5.28. The number of nitrogens with one attached hydrogen (secondary N) is 1. The highest BCUT2D eigenvalue weighted by atomic mass is 19.4. The molecule has 2 rings (SSSR count). The SMILES string of the molecule is CC(=O)O[C@@H](c1cnccc1N(C)C)[C@@H](NC(=O)c1cc(C(F)(F)F)cc(C(F)(F)F)c1)C(C)(C)C. The molecule has 1 aromatic carbocycles. The first-order valence-corrected chi connectivity index (χ1v) is 10.7. The molecule has 1 N–H and O–H groups in total. The minimum atomic E-state index is -5.11. The Kier molecular flexibility index (Phi) is 8.32. The van der Waals surface area contributed by atoms with Crippen LogP contribution in [0.2, 0.25) is 0 Å². The molecule has 1 heterocycles. The highest BCUT2D eigenvalue weighted by Gasteiger charge is 2.40. The Balaban J connectivity index is 2.63. The van der Waals surface area contributed by atoms with Crippen LogP contribution in [-0.2, 0) is 21.9 Å². The van der Waals surface area contributed by atoms with Crippen LogP contribution in [0, 0.1) is 5.41 Å². The number of amides is 1. The largest absolute Gasteiger partial charge is 0.455 e. The number of esters is 1. The minimum Gasteiger partial charge on any atom is -0.455 e. The van der Waals surface area contributed by atoms with Crippen molar-refractivity contribution in [2.45, 2.75) is 52.2 Å². The number of halogens is 6. The van der Waals surface area contributed by atoms with Crippen molar-refractivity contribution in [2.24, 2.45) is 5.41 Å². The van der Waals surface area contributed by atoms with Gasteiger partial charge in [-0.1, -0.05) is 20.8 Å². The van der Waals surface area contributed by atoms with Crippen molar-refractivity contribution in [1.82, 2.24) is 10.3 Å². The summed E-state index contributed by atoms with van der Waals surface area (Å²) in [6.07, 6.45) is -8.48. The van der Waals surface area contributed by atoms with Gasteiger partial charge in [0.15, 0.2) is 6.10 Å². The van der Waals surface area contributed by atoms with E-state index in [0.29, 0.717) is 23.4 Å². The van der Waals surface area contributed by atoms with Crippen LogP contribution in [-0.4, -0.2) is 37.0 Å². The first-order valence-electron chi connectivity index (χ1n) is 10.7. The Morgan fingerprint density at radius 3 is 1.92 bits per heavy atom. The fraction of sp³-hybridized carbons (Fsp3) is 0.458. The number of ether oxygens (including phenoxy) is 1. The molecule has 36 heavy (non-hydrogen) atoms. The molecule has 198 valence electrons. The average Bonchev–Trinajstić information content (AvgIpc) is 2.73. The summed E-state index contributed by atoms with van der Waals surface area (Å²) < 4.78 is 85.3. The van der Waals surface area contributed by atoms with Gasteiger partial charge in [-0.15, -0.1) is 0 Å². The van der Waals surface area contributed by atoms with E-state index in [1.165, 1.54) is 12.4 Å². The van der Waals surface area contributed by atoms with E-state index in [1.54, 1.807) is 45.8 Å². The summed E-state index contributed by atoms with van der Waals surface area (Å²) in [6, 6.07) is 1.20. The molecule has 0 bridgehead atoms. The number of anilines is 1. The van der Waals surface area contributed by atoms with Gasteiger partial charge in [0.25, 0.3) is 5.91 Å². The fourth-order valence-electron chi connectivity index (χ4n) is 3.57. The van der Waals surface area contributed by atoms with Gasteiger partial charge in [-0.2, -0.15) is 26.3 Å². The molecule has 1 aromatic heterocycles. The number of carbonyl (C=O) groups is 2. The lowest BCUT2D eigenvalue weighted by atomic mass is 9.80. The van der Waals surface area contributed by atoms with Gasteiger partial charge >= 0.3 is 18.3 Å². The fourth-order valence-corrected chi connectivity index (χ4v) is 3.57. The van der Waals surface area contributed by atoms with Crippen LogP contribution in [0.15, 0.2) is 36.7 Å². The van der Waals surface area contributed by atoms with Crippen molar-refractivity contribution >= 4 is 17.6 Å². The van der Waals surface area contributed by atoms with Gasteiger partial charge in [0.2, 0.25) is 0 Å². The molecule has 0 unspecified atom stereocenters. The lowest BCUT2D eigenvalue weighted by Crippen LogP contribution is -2.49. The van der Waals surface area contributed by atoms with E-state index in [-0.39, 0.29) is 6.07 Å². The van der Waals surface area contributed by atoms with Crippen LogP contribution in [0.4, 0.5) is 32.0 Å². The molecule has 1 amide bonds. The molecule has 0 radical (unpaired) electrons. The summed E-state index contributed by atoms with van der Waals surface area (Å²) in [5.74, 6) is -1.91. The van der Waals surface area contributed by atoms with E-state index in [4.69, 9.17) is 4.74 Å². The summed E-state index contributed by atoms with van der Waals surface area (Å²) in [7, 11) is 3.44. The van der Waals surface area contributed by atoms with Crippen LogP contribution >= 0.6 is 0 Å². The van der Waals surface area contributed by atoms with Gasteiger partial charge in [-0.25, -0.2) is 0 Å². The second-order valence-corrected chi connectivity index (χ2v) is 9.47. The molecule has 2 aromatic rings. The third-order valence-corrected chi connectivity index (χ3v) is 5.28. The maximum absolute atomic E-state index is 13.3. The van der Waals surface area contributed by atoms with E-state index in [2.05, 4.69) is 10.3 Å². The zero-order valence-corrected chi connectivity index (χ0v) is 20.5. The molecule has 12 heteroatoms. The molecule has 0 aliphatic rings. The van der Waals surface area contributed by atoms with Crippen molar-refractivity contribution in [2.75, 3.05) is 19.0 Å². The van der Waals surface area contributed by atoms with Crippen molar-refractivity contribution in [3.63, 3.8) is 0 Å². The van der Waals surface area contributed by atoms with Crippen molar-refractivity contribution in [3.8, 4) is 0 Å². The number of hydrogen-bond acceptors (Lipinski definition) is 5. The summed E-state index contributed by atoms with van der Waals surface area (Å²) >= 11 is 0. The Hall–Kier alpha value is -3.31. The second kappa shape index (κ2) is 10.4. The molecule has 2 atom stereocenters. The maximum Gasteiger partial charge on any atom is 0.416 e. The molecular weight excluding hydrogens is 492 g/mol. The molecular formula is C24H27F6N3O3. The number of carbonyl (C=O) groups excluding carboxylic acids is 2. The first kappa shape index (κ1) is 28.9. The molecule has 0 saturated carbocycles. The van der Waals surface area contributed by atoms with Gasteiger partial charge in [0, 0.05) is 50.2 Å². The minimum absolute atomic E-state index is 0.0569. The highest BCUT2D eigenvalue weighted by Crippen LogP contribution is 2.39. The molecule has 0 aliphatic heterocycles. The monoisotopic (exact) mass is 519 g/mol. The Morgan fingerprint density at radius 1 is 0.972 bits per heavy atom. The summed E-state index contributed by atoms with van der Waals surface area (Å²) in [5, 5.41) is 2.50. The predicted octanol–water partition coefficient (Wildman–Crippen LogP) is 5.63. The lowest BCUT2D eigenvalue weighted by Gasteiger charge is -2.38. The standard InChI is InChI=1S/C24H27F6N3O3/c1-13(34)36-19(17-12-31-8-7-18(17)33(5)6)20(22(2,3)4)32-21(35)14-9-15(23(25,26)27)11-16(10-14)24(28,29)30/h7-12,19-20H,1-6H3,(H,32,35)/t19-,20+/m0/s1. The normalized spacial score (nSPS) is 14.1. The van der Waals surface area contributed by atoms with Crippen molar-refractivity contribution < 1.29 is 40.7 Å². The Labute approximate surface area is 204 Å². The number of pyridine rings is 1. The number of benzene rings is 1. The van der Waals surface area contributed by atoms with Gasteiger partial charge in [0.1, 0.15) is 0 Å². The topological polar surface area (TPSA) is 71.5 Å². The molecule has 0 aliphatic carbocycles. The van der Waals surface area contributed by atoms with Crippen LogP contribution in [0.1, 0.15) is 60.8 Å². The molecule has 6 nitrogen and oxygen atoms in total. The lowest BCUT2D eigenvalue weighted by molar-refractivity contribution is -0.150. The average molecular weight is 519 g/mol. The van der Waals surface area contributed by atoms with E-state index in [1.807, 2.05) is 0 Å². The van der Waals surface area contributed by atoms with E-state index in [9.17, 15) is 35.9 Å². The second-order valence-electron chi connectivity index (χ2n) is 9.47. The van der Waals surface area contributed by atoms with Gasteiger partial charge < -0.3 is 15.0 Å². The van der Waals surface area contributed by atoms with Gasteiger partial charge in [-0.3, -0.25) is 14.6 Å². The predicted molar refractivity (Wildman–Crippen MR) is 120 cm³/mol. The molecule has 0 spiro atoms. The number of alkyl halides is 6. The van der Waals surface area contributed by atoms with Crippen LogP contribution in [0.25, 0.3) is 0 Å². The zero-order chi connectivity index (χ0) is 27.6. The van der Waals surface area contributed by atoms with Gasteiger partial charge in [0.05, 0.1) is 17.2 Å². The molecule has 0 saturated heterocycles. The maximum atomic E-state index is 13.3. The quantitative estimate of drug-likeness (QED) is 0.396. The smallest absolute Gasteiger partial charge is 0.416 e. The zero-order valence-electron chi connectivity index (χ0n) is 20.5. The Bertz CT molecular complexity index is 1080. The summed E-state index contributed by atoms with van der Waals surface area (Å²) in [4.78, 5) is 30.8.